The van der Waals surface area contributed by atoms with Crippen LogP contribution in [-0.4, -0.2) is 45.6 Å². The minimum atomic E-state index is -0.410. The maximum absolute atomic E-state index is 10.8. The van der Waals surface area contributed by atoms with Crippen LogP contribution in [0.15, 0.2) is 28.7 Å². The number of aliphatic hydroxyl groups is 1. The summed E-state index contributed by atoms with van der Waals surface area (Å²) in [5.41, 5.74) is 1.25. The molecule has 0 amide bonds. The Hall–Kier alpha value is -1.38. The third-order valence-electron chi connectivity index (χ3n) is 4.24. The van der Waals surface area contributed by atoms with Gasteiger partial charge in [0, 0.05) is 24.7 Å². The monoisotopic (exact) mass is 443 g/mol. The number of thiophene rings is 1. The van der Waals surface area contributed by atoms with E-state index in [0.29, 0.717) is 32.3 Å². The number of anilines is 1. The molecular weight excluding hydrogens is 425 g/mol. The van der Waals surface area contributed by atoms with Crippen molar-refractivity contribution >= 4 is 63.8 Å². The van der Waals surface area contributed by atoms with Crippen LogP contribution in [0.1, 0.15) is 19.8 Å². The third kappa shape index (κ3) is 4.38. The summed E-state index contributed by atoms with van der Waals surface area (Å²) in [4.78, 5) is 2.56. The summed E-state index contributed by atoms with van der Waals surface area (Å²) >= 11 is 19.1. The van der Waals surface area contributed by atoms with Crippen LogP contribution < -0.4 is 5.01 Å². The standard InChI is InChI=1S/C18H19Cl2N3O2S2/c1-2-21-23(18(26)22-7-3-4-12(24)9-22)15-10-27-17(16(15)25)11-5-6-13(19)14(20)8-11/h2,5-6,8,10,12,24-25H,3-4,7,9H2,1H3. The first kappa shape index (κ1) is 20.4. The molecule has 1 aliphatic rings. The molecule has 2 N–H and O–H groups in total. The van der Waals surface area contributed by atoms with Gasteiger partial charge in [0.1, 0.15) is 5.69 Å². The summed E-state index contributed by atoms with van der Waals surface area (Å²) in [6.45, 7) is 2.99. The van der Waals surface area contributed by atoms with Gasteiger partial charge in [0.2, 0.25) is 0 Å². The molecule has 9 heteroatoms. The van der Waals surface area contributed by atoms with Gasteiger partial charge in [-0.1, -0.05) is 29.3 Å². The molecule has 0 spiro atoms. The highest BCUT2D eigenvalue weighted by molar-refractivity contribution is 7.80. The second-order valence-corrected chi connectivity index (χ2v) is 8.20. The highest BCUT2D eigenvalue weighted by Gasteiger charge is 2.27. The van der Waals surface area contributed by atoms with Gasteiger partial charge in [0.25, 0.3) is 0 Å². The summed E-state index contributed by atoms with van der Waals surface area (Å²) in [5.74, 6) is 0.0731. The van der Waals surface area contributed by atoms with Crippen molar-refractivity contribution in [1.82, 2.24) is 4.90 Å². The molecule has 1 saturated heterocycles. The predicted molar refractivity (Wildman–Crippen MR) is 117 cm³/mol. The van der Waals surface area contributed by atoms with Gasteiger partial charge >= 0.3 is 0 Å². The Bertz CT molecular complexity index is 872. The number of hydrogen-bond donors (Lipinski definition) is 2. The minimum Gasteiger partial charge on any atom is -0.504 e. The smallest absolute Gasteiger partial charge is 0.197 e. The average Bonchev–Trinajstić information content (AvgIpc) is 3.02. The van der Waals surface area contributed by atoms with Gasteiger partial charge in [-0.25, -0.2) is 5.01 Å². The van der Waals surface area contributed by atoms with Crippen molar-refractivity contribution in [3.63, 3.8) is 0 Å². The van der Waals surface area contributed by atoms with E-state index in [4.69, 9.17) is 35.4 Å². The van der Waals surface area contributed by atoms with E-state index in [-0.39, 0.29) is 5.75 Å². The Morgan fingerprint density at radius 2 is 2.19 bits per heavy atom. The topological polar surface area (TPSA) is 59.3 Å². The number of hydrazone groups is 1. The lowest BCUT2D eigenvalue weighted by molar-refractivity contribution is 0.103. The molecule has 27 heavy (non-hydrogen) atoms. The zero-order valence-electron chi connectivity index (χ0n) is 14.6. The molecule has 2 aromatic rings. The molecule has 1 aromatic carbocycles. The van der Waals surface area contributed by atoms with Crippen LogP contribution in [0.5, 0.6) is 5.75 Å². The molecule has 0 bridgehead atoms. The fourth-order valence-electron chi connectivity index (χ4n) is 2.93. The van der Waals surface area contributed by atoms with Gasteiger partial charge in [0.15, 0.2) is 10.9 Å². The van der Waals surface area contributed by atoms with Crippen LogP contribution in [0.3, 0.4) is 0 Å². The Morgan fingerprint density at radius 1 is 1.41 bits per heavy atom. The van der Waals surface area contributed by atoms with Crippen molar-refractivity contribution in [2.24, 2.45) is 5.10 Å². The summed E-state index contributed by atoms with van der Waals surface area (Å²) in [6, 6.07) is 5.21. The van der Waals surface area contributed by atoms with Crippen molar-refractivity contribution in [2.45, 2.75) is 25.9 Å². The lowest BCUT2D eigenvalue weighted by atomic mass is 10.1. The van der Waals surface area contributed by atoms with Gasteiger partial charge in [-0.15, -0.1) is 11.3 Å². The normalized spacial score (nSPS) is 17.5. The average molecular weight is 444 g/mol. The molecule has 2 heterocycles. The summed E-state index contributed by atoms with van der Waals surface area (Å²) in [7, 11) is 0. The molecule has 1 aromatic heterocycles. The molecule has 0 radical (unpaired) electrons. The summed E-state index contributed by atoms with van der Waals surface area (Å²) in [6.07, 6.45) is 2.83. The van der Waals surface area contributed by atoms with Crippen LogP contribution in [0.25, 0.3) is 10.4 Å². The van der Waals surface area contributed by atoms with E-state index in [1.165, 1.54) is 16.3 Å². The quantitative estimate of drug-likeness (QED) is 0.397. The molecule has 144 valence electrons. The van der Waals surface area contributed by atoms with E-state index in [1.54, 1.807) is 36.7 Å². The maximum Gasteiger partial charge on any atom is 0.197 e. The maximum atomic E-state index is 10.8. The lowest BCUT2D eigenvalue weighted by Crippen LogP contribution is -2.47. The van der Waals surface area contributed by atoms with Gasteiger partial charge in [0.05, 0.1) is 21.0 Å². The van der Waals surface area contributed by atoms with Gasteiger partial charge in [-0.3, -0.25) is 0 Å². The van der Waals surface area contributed by atoms with Crippen LogP contribution in [0, 0.1) is 0 Å². The van der Waals surface area contributed by atoms with Crippen molar-refractivity contribution in [3.8, 4) is 16.2 Å². The number of nitrogens with zero attached hydrogens (tertiary/aromatic N) is 3. The Labute approximate surface area is 177 Å². The van der Waals surface area contributed by atoms with E-state index in [0.717, 1.165) is 24.9 Å². The Morgan fingerprint density at radius 3 is 2.85 bits per heavy atom. The fraction of sp³-hybridized carbons (Fsp3) is 0.333. The van der Waals surface area contributed by atoms with Crippen molar-refractivity contribution < 1.29 is 10.2 Å². The highest BCUT2D eigenvalue weighted by atomic mass is 35.5. The largest absolute Gasteiger partial charge is 0.504 e. The SMILES string of the molecule is CC=NN(C(=S)N1CCCC(O)C1)c1csc(-c2ccc(Cl)c(Cl)c2)c1O. The number of piperidine rings is 1. The van der Waals surface area contributed by atoms with E-state index >= 15 is 0 Å². The molecule has 1 aliphatic heterocycles. The van der Waals surface area contributed by atoms with E-state index in [9.17, 15) is 10.2 Å². The van der Waals surface area contributed by atoms with Gasteiger partial charge in [-0.2, -0.15) is 5.10 Å². The number of halogens is 2. The number of aliphatic hydroxyl groups excluding tert-OH is 1. The molecule has 0 saturated carbocycles. The van der Waals surface area contributed by atoms with Crippen molar-refractivity contribution in [1.29, 1.82) is 0 Å². The molecular formula is C18H19Cl2N3O2S2. The Balaban J connectivity index is 1.93. The molecule has 1 unspecified atom stereocenters. The number of aromatic hydroxyl groups is 1. The Kier molecular flexibility index (Phi) is 6.60. The summed E-state index contributed by atoms with van der Waals surface area (Å²) in [5, 5.41) is 29.8. The van der Waals surface area contributed by atoms with Crippen molar-refractivity contribution in [2.75, 3.05) is 18.1 Å². The molecule has 1 atom stereocenters. The highest BCUT2D eigenvalue weighted by Crippen LogP contribution is 2.45. The van der Waals surface area contributed by atoms with Crippen LogP contribution in [-0.2, 0) is 0 Å². The second kappa shape index (κ2) is 8.75. The minimum absolute atomic E-state index is 0.0731. The second-order valence-electron chi connectivity index (χ2n) is 6.14. The number of rotatable bonds is 3. The molecule has 5 nitrogen and oxygen atoms in total. The first-order valence-corrected chi connectivity index (χ1v) is 10.5. The third-order valence-corrected chi connectivity index (χ3v) is 6.41. The zero-order valence-corrected chi connectivity index (χ0v) is 17.7. The van der Waals surface area contributed by atoms with Crippen molar-refractivity contribution in [3.05, 3.63) is 33.6 Å². The zero-order chi connectivity index (χ0) is 19.6. The van der Waals surface area contributed by atoms with Gasteiger partial charge < -0.3 is 15.1 Å². The van der Waals surface area contributed by atoms with E-state index < -0.39 is 6.10 Å². The lowest BCUT2D eigenvalue weighted by Gasteiger charge is -2.35. The van der Waals surface area contributed by atoms with E-state index in [2.05, 4.69) is 5.10 Å². The first-order valence-electron chi connectivity index (χ1n) is 8.44. The van der Waals surface area contributed by atoms with Crippen LogP contribution in [0.4, 0.5) is 5.69 Å². The van der Waals surface area contributed by atoms with Gasteiger partial charge in [-0.05, 0) is 49.7 Å². The number of β-amino-alcohol motifs (C(OH)–C–C–N with tert-alkyl or cyclic N) is 1. The number of likely N-dealkylation sites (tertiary alicyclic amines) is 1. The first-order chi connectivity index (χ1) is 12.9. The summed E-state index contributed by atoms with van der Waals surface area (Å²) < 4.78 is 0. The predicted octanol–water partition coefficient (Wildman–Crippen LogP) is 4.98. The number of thiocarbonyl (C=S) groups is 1. The number of benzene rings is 1. The van der Waals surface area contributed by atoms with Crippen LogP contribution >= 0.6 is 46.8 Å². The van der Waals surface area contributed by atoms with Crippen LogP contribution in [0.2, 0.25) is 10.0 Å². The molecule has 3 rings (SSSR count). The molecule has 0 aliphatic carbocycles. The van der Waals surface area contributed by atoms with E-state index in [1.807, 2.05) is 4.90 Å². The molecule has 1 fully saturated rings. The number of hydrogen-bond acceptors (Lipinski definition) is 5. The fourth-order valence-corrected chi connectivity index (χ4v) is 4.46.